The van der Waals surface area contributed by atoms with Crippen LogP contribution in [-0.4, -0.2) is 22.6 Å². The van der Waals surface area contributed by atoms with Crippen LogP contribution in [0.1, 0.15) is 50.6 Å². The third kappa shape index (κ3) is 5.38. The Morgan fingerprint density at radius 3 is 2.32 bits per heavy atom. The lowest BCUT2D eigenvalue weighted by Crippen LogP contribution is -2.22. The summed E-state index contributed by atoms with van der Waals surface area (Å²) in [6, 6.07) is 22.5. The molecule has 3 aromatic carbocycles. The molecule has 3 N–H and O–H groups in total. The van der Waals surface area contributed by atoms with Gasteiger partial charge >= 0.3 is 0 Å². The van der Waals surface area contributed by atoms with E-state index in [1.807, 2.05) is 37.3 Å². The van der Waals surface area contributed by atoms with E-state index in [1.54, 1.807) is 24.3 Å². The second-order valence-electron chi connectivity index (χ2n) is 8.65. The monoisotopic (exact) mass is 495 g/mol. The van der Waals surface area contributed by atoms with Crippen molar-refractivity contribution < 1.29 is 23.8 Å². The van der Waals surface area contributed by atoms with Crippen LogP contribution in [-0.2, 0) is 6.42 Å². The summed E-state index contributed by atoms with van der Waals surface area (Å²) in [5, 5.41) is 16.6. The predicted molar refractivity (Wildman–Crippen MR) is 139 cm³/mol. The SMILES string of the molecule is Cc1c(C(=O)Nc2ccc(Oc3ccccc3)cc2)oc2c1/C(=N/NC(=O)c1ccc(O)cc1)CCC2. The lowest BCUT2D eigenvalue weighted by molar-refractivity contribution is 0.0953. The first-order chi connectivity index (χ1) is 18.0. The topological polar surface area (TPSA) is 113 Å². The van der Waals surface area contributed by atoms with Crippen LogP contribution in [0.2, 0.25) is 0 Å². The number of amides is 2. The lowest BCUT2D eigenvalue weighted by Gasteiger charge is -2.13. The molecule has 0 atom stereocenters. The van der Waals surface area contributed by atoms with Crippen LogP contribution in [0.25, 0.3) is 0 Å². The third-order valence-corrected chi connectivity index (χ3v) is 6.04. The van der Waals surface area contributed by atoms with E-state index in [0.717, 1.165) is 17.7 Å². The van der Waals surface area contributed by atoms with Crippen molar-refractivity contribution in [2.24, 2.45) is 5.10 Å². The van der Waals surface area contributed by atoms with E-state index < -0.39 is 5.91 Å². The van der Waals surface area contributed by atoms with Gasteiger partial charge in [0.2, 0.25) is 0 Å². The summed E-state index contributed by atoms with van der Waals surface area (Å²) in [7, 11) is 0. The van der Waals surface area contributed by atoms with Gasteiger partial charge in [0.15, 0.2) is 5.76 Å². The number of fused-ring (bicyclic) bond motifs is 1. The number of phenolic OH excluding ortho intramolecular Hbond substituents is 1. The van der Waals surface area contributed by atoms with Crippen LogP contribution in [0.3, 0.4) is 0 Å². The number of para-hydroxylation sites is 1. The zero-order chi connectivity index (χ0) is 25.8. The molecule has 186 valence electrons. The maximum absolute atomic E-state index is 13.0. The van der Waals surface area contributed by atoms with E-state index in [-0.39, 0.29) is 17.4 Å². The molecule has 1 aromatic heterocycles. The highest BCUT2D eigenvalue weighted by molar-refractivity contribution is 6.09. The molecule has 5 rings (SSSR count). The Hall–Kier alpha value is -4.85. The molecule has 0 spiro atoms. The summed E-state index contributed by atoms with van der Waals surface area (Å²) in [4.78, 5) is 25.5. The van der Waals surface area contributed by atoms with Crippen molar-refractivity contribution in [3.05, 3.63) is 107 Å². The molecular formula is C29H25N3O5. The van der Waals surface area contributed by atoms with Gasteiger partial charge in [-0.05, 0) is 80.4 Å². The van der Waals surface area contributed by atoms with Crippen LogP contribution in [0.5, 0.6) is 17.2 Å². The van der Waals surface area contributed by atoms with Crippen LogP contribution in [0, 0.1) is 6.92 Å². The molecule has 37 heavy (non-hydrogen) atoms. The number of rotatable bonds is 6. The van der Waals surface area contributed by atoms with E-state index >= 15 is 0 Å². The number of hydrazone groups is 1. The maximum Gasteiger partial charge on any atom is 0.291 e. The van der Waals surface area contributed by atoms with Crippen molar-refractivity contribution >= 4 is 23.2 Å². The van der Waals surface area contributed by atoms with Gasteiger partial charge in [-0.15, -0.1) is 0 Å². The number of carbonyl (C=O) groups excluding carboxylic acids is 2. The Labute approximate surface area is 213 Å². The molecule has 0 aliphatic heterocycles. The van der Waals surface area contributed by atoms with Crippen LogP contribution >= 0.6 is 0 Å². The first-order valence-electron chi connectivity index (χ1n) is 11.9. The maximum atomic E-state index is 13.0. The highest BCUT2D eigenvalue weighted by Crippen LogP contribution is 2.31. The second kappa shape index (κ2) is 10.4. The molecule has 8 heteroatoms. The van der Waals surface area contributed by atoms with Crippen molar-refractivity contribution in [1.29, 1.82) is 0 Å². The fourth-order valence-corrected chi connectivity index (χ4v) is 4.21. The summed E-state index contributed by atoms with van der Waals surface area (Å²) in [5.74, 6) is 1.61. The average Bonchev–Trinajstić information content (AvgIpc) is 3.26. The minimum Gasteiger partial charge on any atom is -0.508 e. The van der Waals surface area contributed by atoms with E-state index in [2.05, 4.69) is 15.8 Å². The van der Waals surface area contributed by atoms with E-state index in [4.69, 9.17) is 9.15 Å². The third-order valence-electron chi connectivity index (χ3n) is 6.04. The number of aryl methyl sites for hydroxylation is 1. The van der Waals surface area contributed by atoms with Gasteiger partial charge < -0.3 is 19.6 Å². The number of furan rings is 1. The number of benzene rings is 3. The van der Waals surface area contributed by atoms with E-state index in [0.29, 0.717) is 46.9 Å². The van der Waals surface area contributed by atoms with Crippen LogP contribution < -0.4 is 15.5 Å². The normalized spacial score (nSPS) is 13.6. The van der Waals surface area contributed by atoms with E-state index in [9.17, 15) is 14.7 Å². The minimum absolute atomic E-state index is 0.0797. The number of carbonyl (C=O) groups is 2. The number of aromatic hydroxyl groups is 1. The van der Waals surface area contributed by atoms with Gasteiger partial charge in [-0.3, -0.25) is 9.59 Å². The molecule has 1 aliphatic carbocycles. The molecule has 4 aromatic rings. The van der Waals surface area contributed by atoms with Gasteiger partial charge in [0, 0.05) is 28.8 Å². The average molecular weight is 496 g/mol. The Balaban J connectivity index is 1.29. The van der Waals surface area contributed by atoms with Gasteiger partial charge in [0.1, 0.15) is 23.0 Å². The van der Waals surface area contributed by atoms with E-state index in [1.165, 1.54) is 24.3 Å². The summed E-state index contributed by atoms with van der Waals surface area (Å²) < 4.78 is 11.7. The molecular weight excluding hydrogens is 470 g/mol. The molecule has 8 nitrogen and oxygen atoms in total. The zero-order valence-corrected chi connectivity index (χ0v) is 20.2. The van der Waals surface area contributed by atoms with Gasteiger partial charge in [0.25, 0.3) is 11.8 Å². The van der Waals surface area contributed by atoms with Crippen molar-refractivity contribution in [1.82, 2.24) is 5.43 Å². The molecule has 0 bridgehead atoms. The number of nitrogens with zero attached hydrogens (tertiary/aromatic N) is 1. The van der Waals surface area contributed by atoms with Gasteiger partial charge in [0.05, 0.1) is 5.71 Å². The fraction of sp³-hybridized carbons (Fsp3) is 0.138. The van der Waals surface area contributed by atoms with Gasteiger partial charge in [-0.25, -0.2) is 5.43 Å². The molecule has 1 aliphatic rings. The van der Waals surface area contributed by atoms with Crippen molar-refractivity contribution in [2.45, 2.75) is 26.2 Å². The summed E-state index contributed by atoms with van der Waals surface area (Å²) in [6.07, 6.45) is 2.12. The molecule has 0 fully saturated rings. The lowest BCUT2D eigenvalue weighted by atomic mass is 9.93. The Morgan fingerprint density at radius 2 is 1.59 bits per heavy atom. The number of hydrogen-bond acceptors (Lipinski definition) is 6. The smallest absolute Gasteiger partial charge is 0.291 e. The summed E-state index contributed by atoms with van der Waals surface area (Å²) in [6.45, 7) is 1.82. The van der Waals surface area contributed by atoms with Gasteiger partial charge in [-0.1, -0.05) is 18.2 Å². The van der Waals surface area contributed by atoms with Gasteiger partial charge in [-0.2, -0.15) is 5.10 Å². The zero-order valence-electron chi connectivity index (χ0n) is 20.2. The first kappa shape index (κ1) is 23.9. The Kier molecular flexibility index (Phi) is 6.72. The molecule has 0 saturated carbocycles. The van der Waals surface area contributed by atoms with Crippen LogP contribution in [0.15, 0.2) is 88.4 Å². The summed E-state index contributed by atoms with van der Waals surface area (Å²) >= 11 is 0. The Bertz CT molecular complexity index is 1460. The number of hydrogen-bond donors (Lipinski definition) is 3. The highest BCUT2D eigenvalue weighted by atomic mass is 16.5. The number of ether oxygens (including phenoxy) is 1. The van der Waals surface area contributed by atoms with Crippen LogP contribution in [0.4, 0.5) is 5.69 Å². The Morgan fingerprint density at radius 1 is 0.892 bits per heavy atom. The molecule has 2 amide bonds. The fourth-order valence-electron chi connectivity index (χ4n) is 4.21. The first-order valence-corrected chi connectivity index (χ1v) is 11.9. The molecule has 0 saturated heterocycles. The molecule has 0 unspecified atom stereocenters. The largest absolute Gasteiger partial charge is 0.508 e. The molecule has 0 radical (unpaired) electrons. The molecule has 1 heterocycles. The highest BCUT2D eigenvalue weighted by Gasteiger charge is 2.28. The minimum atomic E-state index is -0.390. The second-order valence-corrected chi connectivity index (χ2v) is 8.65. The standard InChI is InChI=1S/C29H25N3O5/c1-18-26-24(31-32-28(34)19-10-14-21(33)15-11-19)8-5-9-25(26)37-27(18)29(35)30-20-12-16-23(17-13-20)36-22-6-3-2-4-7-22/h2-4,6-7,10-17,33H,5,8-9H2,1H3,(H,30,35)(H,32,34)/b31-24+. The number of anilines is 1. The number of nitrogens with one attached hydrogen (secondary N) is 2. The number of phenols is 1. The quantitative estimate of drug-likeness (QED) is 0.292. The van der Waals surface area contributed by atoms with Crippen molar-refractivity contribution in [3.8, 4) is 17.2 Å². The summed E-state index contributed by atoms with van der Waals surface area (Å²) in [5.41, 5.74) is 5.65. The predicted octanol–water partition coefficient (Wildman–Crippen LogP) is 5.81. The van der Waals surface area contributed by atoms with Crippen molar-refractivity contribution in [2.75, 3.05) is 5.32 Å². The van der Waals surface area contributed by atoms with Crippen molar-refractivity contribution in [3.63, 3.8) is 0 Å².